The van der Waals surface area contributed by atoms with E-state index in [4.69, 9.17) is 26.1 Å². The maximum absolute atomic E-state index is 13.8. The lowest BCUT2D eigenvalue weighted by Crippen LogP contribution is -2.50. The Balaban J connectivity index is 1.54. The molecule has 1 amide bonds. The minimum Gasteiger partial charge on any atom is -0.482 e. The molecule has 3 heterocycles. The maximum Gasteiger partial charge on any atom is 0.274 e. The van der Waals surface area contributed by atoms with Crippen molar-refractivity contribution in [3.05, 3.63) is 77.1 Å². The second kappa shape index (κ2) is 8.41. The number of aryl methyl sites for hydroxylation is 1. The number of ether oxygens (including phenoxy) is 2. The molecule has 0 aliphatic carbocycles. The molecule has 2 unspecified atom stereocenters. The van der Waals surface area contributed by atoms with Gasteiger partial charge in [-0.25, -0.2) is 4.98 Å². The summed E-state index contributed by atoms with van der Waals surface area (Å²) >= 11 is 7.73. The normalized spacial score (nSPS) is 17.3. The van der Waals surface area contributed by atoms with Crippen molar-refractivity contribution in [2.75, 3.05) is 4.90 Å². The van der Waals surface area contributed by atoms with Crippen LogP contribution in [0, 0.1) is 6.92 Å². The fourth-order valence-corrected chi connectivity index (χ4v) is 4.82. The second-order valence-corrected chi connectivity index (χ2v) is 8.99. The Hall–Kier alpha value is -3.16. The number of benzene rings is 2. The van der Waals surface area contributed by atoms with Gasteiger partial charge in [0.15, 0.2) is 16.6 Å². The van der Waals surface area contributed by atoms with Crippen molar-refractivity contribution in [2.24, 2.45) is 0 Å². The Bertz CT molecular complexity index is 1290. The van der Waals surface area contributed by atoms with Gasteiger partial charge in [-0.05, 0) is 55.8 Å². The first kappa shape index (κ1) is 20.7. The van der Waals surface area contributed by atoms with Crippen molar-refractivity contribution in [3.63, 3.8) is 0 Å². The van der Waals surface area contributed by atoms with Gasteiger partial charge < -0.3 is 9.47 Å². The van der Waals surface area contributed by atoms with Crippen molar-refractivity contribution in [2.45, 2.75) is 32.6 Å². The van der Waals surface area contributed by atoms with E-state index in [-0.39, 0.29) is 12.5 Å². The number of pyridine rings is 1. The van der Waals surface area contributed by atoms with Crippen molar-refractivity contribution in [1.82, 2.24) is 9.97 Å². The largest absolute Gasteiger partial charge is 0.482 e. The minimum atomic E-state index is -0.815. The molecule has 0 fully saturated rings. The van der Waals surface area contributed by atoms with Crippen LogP contribution in [0.1, 0.15) is 18.2 Å². The van der Waals surface area contributed by atoms with Crippen LogP contribution in [0.2, 0.25) is 5.02 Å². The molecule has 1 aliphatic heterocycles. The number of fused-ring (bicyclic) bond motifs is 2. The molecule has 0 spiro atoms. The molecule has 5 rings (SSSR count). The molecule has 0 bridgehead atoms. The Morgan fingerprint density at radius 3 is 2.59 bits per heavy atom. The molecule has 1 aliphatic rings. The van der Waals surface area contributed by atoms with Crippen molar-refractivity contribution in [3.8, 4) is 11.5 Å². The molecule has 8 heteroatoms. The molecule has 0 N–H and O–H groups in total. The molecule has 32 heavy (non-hydrogen) atoms. The number of amides is 1. The number of rotatable bonds is 4. The average Bonchev–Trinajstić information content (AvgIpc) is 3.24. The number of hydrogen-bond donors (Lipinski definition) is 0. The smallest absolute Gasteiger partial charge is 0.274 e. The molecule has 2 atom stereocenters. The van der Waals surface area contributed by atoms with Crippen LogP contribution in [-0.4, -0.2) is 28.1 Å². The van der Waals surface area contributed by atoms with Crippen LogP contribution in [0.15, 0.2) is 60.8 Å². The fraction of sp³-hybridized carbons (Fsp3) is 0.208. The first-order chi connectivity index (χ1) is 15.5. The van der Waals surface area contributed by atoms with E-state index in [9.17, 15) is 4.79 Å². The van der Waals surface area contributed by atoms with Gasteiger partial charge in [-0.2, -0.15) is 0 Å². The zero-order valence-corrected chi connectivity index (χ0v) is 19.1. The van der Waals surface area contributed by atoms with Crippen LogP contribution in [-0.2, 0) is 11.3 Å². The molecule has 0 radical (unpaired) electrons. The van der Waals surface area contributed by atoms with Crippen LogP contribution in [0.5, 0.6) is 11.5 Å². The van der Waals surface area contributed by atoms with Gasteiger partial charge in [0.2, 0.25) is 6.10 Å². The molecule has 6 nitrogen and oxygen atoms in total. The van der Waals surface area contributed by atoms with Crippen molar-refractivity contribution in [1.29, 1.82) is 0 Å². The fourth-order valence-electron chi connectivity index (χ4n) is 3.64. The summed E-state index contributed by atoms with van der Waals surface area (Å²) in [5.74, 6) is 0.944. The third kappa shape index (κ3) is 3.78. The lowest BCUT2D eigenvalue weighted by molar-refractivity contribution is -0.130. The predicted molar refractivity (Wildman–Crippen MR) is 126 cm³/mol. The van der Waals surface area contributed by atoms with E-state index in [2.05, 4.69) is 4.98 Å². The van der Waals surface area contributed by atoms with Gasteiger partial charge in [0.05, 0.1) is 22.5 Å². The zero-order chi connectivity index (χ0) is 22.2. The summed E-state index contributed by atoms with van der Waals surface area (Å²) in [4.78, 5) is 24.6. The lowest BCUT2D eigenvalue weighted by Gasteiger charge is -2.33. The molecule has 162 valence electrons. The van der Waals surface area contributed by atoms with E-state index in [1.54, 1.807) is 17.2 Å². The number of thiazole rings is 1. The summed E-state index contributed by atoms with van der Waals surface area (Å²) in [6.07, 6.45) is 0.429. The number of aromatic nitrogens is 2. The Morgan fingerprint density at radius 1 is 1.09 bits per heavy atom. The summed E-state index contributed by atoms with van der Waals surface area (Å²) in [5.41, 5.74) is 2.42. The van der Waals surface area contributed by atoms with E-state index in [0.717, 1.165) is 21.5 Å². The molecular weight excluding hydrogens is 446 g/mol. The van der Waals surface area contributed by atoms with Gasteiger partial charge in [0.1, 0.15) is 6.10 Å². The van der Waals surface area contributed by atoms with Crippen LogP contribution in [0.4, 0.5) is 5.13 Å². The van der Waals surface area contributed by atoms with Gasteiger partial charge in [0.25, 0.3) is 5.91 Å². The number of anilines is 1. The van der Waals surface area contributed by atoms with Crippen molar-refractivity contribution >= 4 is 44.2 Å². The highest BCUT2D eigenvalue weighted by atomic mass is 35.5. The number of halogens is 1. The maximum atomic E-state index is 13.8. The van der Waals surface area contributed by atoms with Gasteiger partial charge >= 0.3 is 0 Å². The SMILES string of the molecule is Cc1c(Cl)ccc2sc(N(Cc3ccccn3)C(=O)C3Oc4ccccc4OC3C)nc12. The van der Waals surface area contributed by atoms with Gasteiger partial charge in [-0.15, -0.1) is 0 Å². The Kier molecular flexibility index (Phi) is 5.45. The highest BCUT2D eigenvalue weighted by Crippen LogP contribution is 2.37. The van der Waals surface area contributed by atoms with Crippen LogP contribution >= 0.6 is 22.9 Å². The number of carbonyl (C=O) groups excluding carboxylic acids is 1. The highest BCUT2D eigenvalue weighted by molar-refractivity contribution is 7.22. The summed E-state index contributed by atoms with van der Waals surface area (Å²) in [6, 6.07) is 16.8. The van der Waals surface area contributed by atoms with Gasteiger partial charge in [-0.3, -0.25) is 14.7 Å². The molecule has 4 aromatic rings. The average molecular weight is 466 g/mol. The highest BCUT2D eigenvalue weighted by Gasteiger charge is 2.38. The molecule has 0 saturated heterocycles. The van der Waals surface area contributed by atoms with Gasteiger partial charge in [0, 0.05) is 11.2 Å². The first-order valence-electron chi connectivity index (χ1n) is 10.2. The van der Waals surface area contributed by atoms with Gasteiger partial charge in [-0.1, -0.05) is 41.1 Å². The summed E-state index contributed by atoms with van der Waals surface area (Å²) in [7, 11) is 0. The number of carbonyl (C=O) groups is 1. The number of para-hydroxylation sites is 2. The second-order valence-electron chi connectivity index (χ2n) is 7.57. The quantitative estimate of drug-likeness (QED) is 0.403. The minimum absolute atomic E-state index is 0.236. The Morgan fingerprint density at radius 2 is 1.84 bits per heavy atom. The van der Waals surface area contributed by atoms with Crippen LogP contribution in [0.3, 0.4) is 0 Å². The van der Waals surface area contributed by atoms with E-state index < -0.39 is 12.2 Å². The first-order valence-corrected chi connectivity index (χ1v) is 11.4. The van der Waals surface area contributed by atoms with E-state index >= 15 is 0 Å². The van der Waals surface area contributed by atoms with E-state index in [0.29, 0.717) is 21.7 Å². The third-order valence-corrected chi connectivity index (χ3v) is 6.82. The van der Waals surface area contributed by atoms with E-state index in [1.165, 1.54) is 11.3 Å². The van der Waals surface area contributed by atoms with Crippen LogP contribution < -0.4 is 14.4 Å². The summed E-state index contributed by atoms with van der Waals surface area (Å²) in [6.45, 7) is 4.02. The van der Waals surface area contributed by atoms with Crippen molar-refractivity contribution < 1.29 is 14.3 Å². The van der Waals surface area contributed by atoms with Crippen LogP contribution in [0.25, 0.3) is 10.2 Å². The number of hydrogen-bond acceptors (Lipinski definition) is 6. The monoisotopic (exact) mass is 465 g/mol. The predicted octanol–water partition coefficient (Wildman–Crippen LogP) is 5.41. The zero-order valence-electron chi connectivity index (χ0n) is 17.5. The standard InChI is InChI=1S/C24H20ClN3O3S/c1-14-17(25)10-11-20-21(14)27-24(32-20)28(13-16-7-5-6-12-26-16)23(29)22-15(2)30-18-8-3-4-9-19(18)31-22/h3-12,15,22H,13H2,1-2H3. The molecule has 2 aromatic heterocycles. The topological polar surface area (TPSA) is 64.6 Å². The summed E-state index contributed by atoms with van der Waals surface area (Å²) in [5, 5.41) is 1.21. The lowest BCUT2D eigenvalue weighted by atomic mass is 10.1. The molecule has 0 saturated carbocycles. The molecular formula is C24H20ClN3O3S. The summed E-state index contributed by atoms with van der Waals surface area (Å²) < 4.78 is 13.0. The molecule has 2 aromatic carbocycles. The van der Waals surface area contributed by atoms with E-state index in [1.807, 2.05) is 62.4 Å². The number of nitrogens with zero attached hydrogens (tertiary/aromatic N) is 3. The Labute approximate surface area is 194 Å². The third-order valence-electron chi connectivity index (χ3n) is 5.37.